The first-order valence-electron chi connectivity index (χ1n) is 6.59. The molecule has 1 saturated carbocycles. The standard InChI is InChI=1S/C13H19N3O2/c17-16(18)13-10-14-8-7-12(13)15-9-6-11-4-2-1-3-5-11/h7-8,10-11H,1-6,9H2,(H,14,15). The van der Waals surface area contributed by atoms with E-state index in [0.717, 1.165) is 18.9 Å². The highest BCUT2D eigenvalue weighted by molar-refractivity contribution is 5.59. The molecular formula is C13H19N3O2. The summed E-state index contributed by atoms with van der Waals surface area (Å²) in [6.45, 7) is 0.801. The fraction of sp³-hybridized carbons (Fsp3) is 0.615. The van der Waals surface area contributed by atoms with Crippen molar-refractivity contribution in [3.05, 3.63) is 28.6 Å². The maximum atomic E-state index is 10.8. The van der Waals surface area contributed by atoms with Gasteiger partial charge in [-0.25, -0.2) is 0 Å². The van der Waals surface area contributed by atoms with Crippen molar-refractivity contribution >= 4 is 11.4 Å². The predicted molar refractivity (Wildman–Crippen MR) is 70.6 cm³/mol. The fourth-order valence-corrected chi connectivity index (χ4v) is 2.57. The van der Waals surface area contributed by atoms with Gasteiger partial charge in [-0.1, -0.05) is 32.1 Å². The second-order valence-corrected chi connectivity index (χ2v) is 4.87. The number of rotatable bonds is 5. The molecule has 18 heavy (non-hydrogen) atoms. The Morgan fingerprint density at radius 1 is 1.39 bits per heavy atom. The molecule has 98 valence electrons. The molecule has 1 N–H and O–H groups in total. The summed E-state index contributed by atoms with van der Waals surface area (Å²) in [4.78, 5) is 14.2. The van der Waals surface area contributed by atoms with Crippen LogP contribution in [0.5, 0.6) is 0 Å². The minimum atomic E-state index is -0.393. The molecular weight excluding hydrogens is 230 g/mol. The van der Waals surface area contributed by atoms with Crippen LogP contribution in [-0.4, -0.2) is 16.5 Å². The molecule has 0 saturated heterocycles. The molecule has 0 unspecified atom stereocenters. The van der Waals surface area contributed by atoms with E-state index >= 15 is 0 Å². The monoisotopic (exact) mass is 249 g/mol. The third-order valence-electron chi connectivity index (χ3n) is 3.59. The summed E-state index contributed by atoms with van der Waals surface area (Å²) in [5.41, 5.74) is 0.631. The van der Waals surface area contributed by atoms with Crippen molar-refractivity contribution in [1.82, 2.24) is 4.98 Å². The minimum Gasteiger partial charge on any atom is -0.379 e. The summed E-state index contributed by atoms with van der Waals surface area (Å²) in [6, 6.07) is 1.67. The lowest BCUT2D eigenvalue weighted by atomic mass is 9.87. The van der Waals surface area contributed by atoms with Crippen molar-refractivity contribution in [2.45, 2.75) is 38.5 Å². The van der Waals surface area contributed by atoms with E-state index in [2.05, 4.69) is 10.3 Å². The second-order valence-electron chi connectivity index (χ2n) is 4.87. The highest BCUT2D eigenvalue weighted by atomic mass is 16.6. The fourth-order valence-electron chi connectivity index (χ4n) is 2.57. The Bertz CT molecular complexity index is 403. The summed E-state index contributed by atoms with van der Waals surface area (Å²) in [6.07, 6.45) is 10.6. The first kappa shape index (κ1) is 12.8. The van der Waals surface area contributed by atoms with Crippen LogP contribution >= 0.6 is 0 Å². The van der Waals surface area contributed by atoms with Gasteiger partial charge in [0, 0.05) is 12.7 Å². The largest absolute Gasteiger partial charge is 0.379 e. The Labute approximate surface area is 107 Å². The number of anilines is 1. The molecule has 1 aromatic heterocycles. The van der Waals surface area contributed by atoms with Crippen LogP contribution < -0.4 is 5.32 Å². The van der Waals surface area contributed by atoms with Crippen molar-refractivity contribution in [2.24, 2.45) is 5.92 Å². The van der Waals surface area contributed by atoms with Crippen LogP contribution in [0.4, 0.5) is 11.4 Å². The Kier molecular flexibility index (Phi) is 4.50. The Morgan fingerprint density at radius 3 is 2.89 bits per heavy atom. The van der Waals surface area contributed by atoms with Gasteiger partial charge in [-0.05, 0) is 18.4 Å². The smallest absolute Gasteiger partial charge is 0.310 e. The first-order chi connectivity index (χ1) is 8.77. The number of nitro groups is 1. The van der Waals surface area contributed by atoms with E-state index in [1.807, 2.05) is 0 Å². The van der Waals surface area contributed by atoms with E-state index in [4.69, 9.17) is 0 Å². The zero-order chi connectivity index (χ0) is 12.8. The van der Waals surface area contributed by atoms with E-state index in [1.165, 1.54) is 38.3 Å². The van der Waals surface area contributed by atoms with Crippen molar-refractivity contribution < 1.29 is 4.92 Å². The van der Waals surface area contributed by atoms with Gasteiger partial charge in [-0.2, -0.15) is 0 Å². The number of hydrogen-bond acceptors (Lipinski definition) is 4. The van der Waals surface area contributed by atoms with Gasteiger partial charge in [0.15, 0.2) is 0 Å². The number of hydrogen-bond donors (Lipinski definition) is 1. The van der Waals surface area contributed by atoms with Crippen molar-refractivity contribution in [3.63, 3.8) is 0 Å². The van der Waals surface area contributed by atoms with Crippen molar-refractivity contribution in [3.8, 4) is 0 Å². The lowest BCUT2D eigenvalue weighted by Gasteiger charge is -2.21. The molecule has 1 aromatic rings. The molecule has 2 rings (SSSR count). The van der Waals surface area contributed by atoms with Crippen molar-refractivity contribution in [1.29, 1.82) is 0 Å². The van der Waals surface area contributed by atoms with Gasteiger partial charge < -0.3 is 5.32 Å². The topological polar surface area (TPSA) is 68.1 Å². The molecule has 0 amide bonds. The summed E-state index contributed by atoms with van der Waals surface area (Å²) < 4.78 is 0. The van der Waals surface area contributed by atoms with Crippen molar-refractivity contribution in [2.75, 3.05) is 11.9 Å². The molecule has 0 aliphatic heterocycles. The summed E-state index contributed by atoms with van der Waals surface area (Å²) in [5.74, 6) is 0.784. The van der Waals surface area contributed by atoms with E-state index in [0.29, 0.717) is 5.69 Å². The Hall–Kier alpha value is -1.65. The summed E-state index contributed by atoms with van der Waals surface area (Å²) in [5, 5.41) is 14.0. The molecule has 5 nitrogen and oxygen atoms in total. The van der Waals surface area contributed by atoms with E-state index in [-0.39, 0.29) is 5.69 Å². The normalized spacial score (nSPS) is 16.4. The van der Waals surface area contributed by atoms with Crippen LogP contribution in [0.15, 0.2) is 18.5 Å². The lowest BCUT2D eigenvalue weighted by molar-refractivity contribution is -0.384. The van der Waals surface area contributed by atoms with Crippen LogP contribution in [0.2, 0.25) is 0 Å². The summed E-state index contributed by atoms with van der Waals surface area (Å²) >= 11 is 0. The quantitative estimate of drug-likeness (QED) is 0.641. The minimum absolute atomic E-state index is 0.0566. The van der Waals surface area contributed by atoms with Crippen LogP contribution in [0.1, 0.15) is 38.5 Å². The zero-order valence-electron chi connectivity index (χ0n) is 10.5. The van der Waals surface area contributed by atoms with Crippen LogP contribution in [0.25, 0.3) is 0 Å². The van der Waals surface area contributed by atoms with Crippen LogP contribution in [-0.2, 0) is 0 Å². The predicted octanol–water partition coefficient (Wildman–Crippen LogP) is 3.37. The third kappa shape index (κ3) is 3.42. The maximum Gasteiger partial charge on any atom is 0.310 e. The molecule has 0 atom stereocenters. The van der Waals surface area contributed by atoms with Gasteiger partial charge in [-0.15, -0.1) is 0 Å². The maximum absolute atomic E-state index is 10.8. The van der Waals surface area contributed by atoms with E-state index < -0.39 is 4.92 Å². The molecule has 5 heteroatoms. The van der Waals surface area contributed by atoms with Gasteiger partial charge in [0.2, 0.25) is 0 Å². The summed E-state index contributed by atoms with van der Waals surface area (Å²) in [7, 11) is 0. The zero-order valence-corrected chi connectivity index (χ0v) is 10.5. The van der Waals surface area contributed by atoms with Gasteiger partial charge >= 0.3 is 5.69 Å². The molecule has 0 aromatic carbocycles. The highest BCUT2D eigenvalue weighted by Crippen LogP contribution is 2.27. The molecule has 1 aliphatic rings. The molecule has 0 spiro atoms. The van der Waals surface area contributed by atoms with Gasteiger partial charge in [0.05, 0.1) is 4.92 Å². The Morgan fingerprint density at radius 2 is 2.17 bits per heavy atom. The molecule has 1 fully saturated rings. The molecule has 0 bridgehead atoms. The third-order valence-corrected chi connectivity index (χ3v) is 3.59. The molecule has 1 heterocycles. The average Bonchev–Trinajstić information content (AvgIpc) is 2.40. The van der Waals surface area contributed by atoms with Crippen LogP contribution in [0.3, 0.4) is 0 Å². The van der Waals surface area contributed by atoms with E-state index in [9.17, 15) is 10.1 Å². The second kappa shape index (κ2) is 6.33. The molecule has 0 radical (unpaired) electrons. The lowest BCUT2D eigenvalue weighted by Crippen LogP contribution is -2.12. The number of aromatic nitrogens is 1. The molecule has 1 aliphatic carbocycles. The SMILES string of the molecule is O=[N+]([O-])c1cnccc1NCCC1CCCCC1. The van der Waals surface area contributed by atoms with Crippen LogP contribution in [0, 0.1) is 16.0 Å². The number of nitrogens with one attached hydrogen (secondary N) is 1. The van der Waals surface area contributed by atoms with Gasteiger partial charge in [-0.3, -0.25) is 15.1 Å². The highest BCUT2D eigenvalue weighted by Gasteiger charge is 2.15. The van der Waals surface area contributed by atoms with Gasteiger partial charge in [0.1, 0.15) is 11.9 Å². The number of pyridine rings is 1. The van der Waals surface area contributed by atoms with E-state index in [1.54, 1.807) is 12.3 Å². The number of nitrogens with zero attached hydrogens (tertiary/aromatic N) is 2. The van der Waals surface area contributed by atoms with Gasteiger partial charge in [0.25, 0.3) is 0 Å². The average molecular weight is 249 g/mol. The Balaban J connectivity index is 1.84. The first-order valence-corrected chi connectivity index (χ1v) is 6.59.